The molecule has 1 N–H and O–H groups in total. The van der Waals surface area contributed by atoms with E-state index in [-0.39, 0.29) is 11.8 Å². The Morgan fingerprint density at radius 2 is 1.35 bits per heavy atom. The van der Waals surface area contributed by atoms with Crippen molar-refractivity contribution in [1.82, 2.24) is 0 Å². The van der Waals surface area contributed by atoms with Gasteiger partial charge < -0.3 is 10.2 Å². The molecule has 0 aromatic heterocycles. The second-order valence-corrected chi connectivity index (χ2v) is 8.74. The summed E-state index contributed by atoms with van der Waals surface area (Å²) in [6, 6.07) is 29.1. The van der Waals surface area contributed by atoms with E-state index in [4.69, 9.17) is 0 Å². The Kier molecular flexibility index (Phi) is 5.72. The summed E-state index contributed by atoms with van der Waals surface area (Å²) >= 11 is 0. The molecule has 0 saturated carbocycles. The van der Waals surface area contributed by atoms with Gasteiger partial charge in [-0.05, 0) is 84.5 Å². The average Bonchev–Trinajstić information content (AvgIpc) is 3.03. The number of aryl methyl sites for hydroxylation is 1. The van der Waals surface area contributed by atoms with Crippen molar-refractivity contribution >= 4 is 23.2 Å². The van der Waals surface area contributed by atoms with Gasteiger partial charge in [-0.1, -0.05) is 54.6 Å². The molecule has 0 fully saturated rings. The predicted octanol–water partition coefficient (Wildman–Crippen LogP) is 6.31. The number of benzene rings is 4. The van der Waals surface area contributed by atoms with Crippen molar-refractivity contribution in [2.45, 2.75) is 26.8 Å². The minimum atomic E-state index is -0.193. The van der Waals surface area contributed by atoms with E-state index in [1.54, 1.807) is 24.3 Å². The van der Waals surface area contributed by atoms with Gasteiger partial charge in [0.1, 0.15) is 0 Å². The number of fused-ring (bicyclic) bond motifs is 2. The zero-order valence-corrected chi connectivity index (χ0v) is 19.3. The number of anilines is 2. The highest BCUT2D eigenvalue weighted by molar-refractivity contribution is 6.08. The summed E-state index contributed by atoms with van der Waals surface area (Å²) in [7, 11) is 0. The largest absolute Gasteiger partial charge is 0.322 e. The van der Waals surface area contributed by atoms with Gasteiger partial charge in [0.2, 0.25) is 0 Å². The highest BCUT2D eigenvalue weighted by atomic mass is 16.2. The number of para-hydroxylation sites is 1. The van der Waals surface area contributed by atoms with Crippen LogP contribution in [0, 0.1) is 13.8 Å². The lowest BCUT2D eigenvalue weighted by molar-refractivity contribution is 0.0982. The maximum atomic E-state index is 13.6. The van der Waals surface area contributed by atoms with Gasteiger partial charge in [-0.25, -0.2) is 0 Å². The van der Waals surface area contributed by atoms with E-state index in [1.165, 1.54) is 5.56 Å². The van der Waals surface area contributed by atoms with Crippen molar-refractivity contribution in [1.29, 1.82) is 0 Å². The van der Waals surface area contributed by atoms with Gasteiger partial charge in [0.05, 0.1) is 6.54 Å². The Morgan fingerprint density at radius 3 is 2.12 bits per heavy atom. The normalized spacial score (nSPS) is 12.4. The lowest BCUT2D eigenvalue weighted by Gasteiger charge is -2.23. The lowest BCUT2D eigenvalue weighted by atomic mass is 10.0. The van der Waals surface area contributed by atoms with Crippen molar-refractivity contribution in [3.63, 3.8) is 0 Å². The molecule has 4 aromatic carbocycles. The topological polar surface area (TPSA) is 49.4 Å². The Hall–Kier alpha value is -4.18. The molecule has 5 rings (SSSR count). The van der Waals surface area contributed by atoms with E-state index < -0.39 is 0 Å². The second kappa shape index (κ2) is 8.99. The van der Waals surface area contributed by atoms with Crippen LogP contribution in [0.5, 0.6) is 0 Å². The van der Waals surface area contributed by atoms with E-state index >= 15 is 0 Å². The Balaban J connectivity index is 1.41. The SMILES string of the molecule is Cc1cccc(NC(=O)c2ccc(C(=O)N3Cc4ccccc4Cc4ccccc43)cc2)c1C. The summed E-state index contributed by atoms with van der Waals surface area (Å²) in [5.41, 5.74) is 8.48. The minimum absolute atomic E-state index is 0.0781. The first-order valence-corrected chi connectivity index (χ1v) is 11.5. The Bertz CT molecular complexity index is 1390. The summed E-state index contributed by atoms with van der Waals surface area (Å²) < 4.78 is 0. The molecule has 0 saturated heterocycles. The summed E-state index contributed by atoms with van der Waals surface area (Å²) in [6.07, 6.45) is 0.799. The molecule has 0 aliphatic carbocycles. The Labute approximate surface area is 199 Å². The number of carbonyl (C=O) groups excluding carboxylic acids is 2. The van der Waals surface area contributed by atoms with Crippen molar-refractivity contribution in [3.8, 4) is 0 Å². The molecule has 1 aliphatic rings. The third-order valence-electron chi connectivity index (χ3n) is 6.60. The summed E-state index contributed by atoms with van der Waals surface area (Å²) in [6.45, 7) is 4.52. The van der Waals surface area contributed by atoms with Crippen molar-refractivity contribution < 1.29 is 9.59 Å². The first-order chi connectivity index (χ1) is 16.5. The first kappa shape index (κ1) is 21.7. The number of carbonyl (C=O) groups is 2. The fourth-order valence-corrected chi connectivity index (χ4v) is 4.45. The molecule has 0 bridgehead atoms. The van der Waals surface area contributed by atoms with Crippen LogP contribution in [-0.2, 0) is 13.0 Å². The first-order valence-electron chi connectivity index (χ1n) is 11.5. The van der Waals surface area contributed by atoms with Crippen LogP contribution in [0.1, 0.15) is 48.5 Å². The predicted molar refractivity (Wildman–Crippen MR) is 137 cm³/mol. The van der Waals surface area contributed by atoms with Crippen LogP contribution in [0.15, 0.2) is 91.0 Å². The van der Waals surface area contributed by atoms with Crippen LogP contribution in [0.4, 0.5) is 11.4 Å². The number of rotatable bonds is 3. The fourth-order valence-electron chi connectivity index (χ4n) is 4.45. The molecule has 0 atom stereocenters. The number of hydrogen-bond acceptors (Lipinski definition) is 2. The van der Waals surface area contributed by atoms with Gasteiger partial charge >= 0.3 is 0 Å². The van der Waals surface area contributed by atoms with Gasteiger partial charge in [-0.15, -0.1) is 0 Å². The number of amides is 2. The van der Waals surface area contributed by atoms with Crippen molar-refractivity contribution in [2.75, 3.05) is 10.2 Å². The fraction of sp³-hybridized carbons (Fsp3) is 0.133. The molecule has 34 heavy (non-hydrogen) atoms. The maximum Gasteiger partial charge on any atom is 0.258 e. The molecule has 1 aliphatic heterocycles. The minimum Gasteiger partial charge on any atom is -0.322 e. The van der Waals surface area contributed by atoms with Crippen molar-refractivity contribution in [2.24, 2.45) is 0 Å². The summed E-state index contributed by atoms with van der Waals surface area (Å²) in [5.74, 6) is -0.271. The molecule has 168 valence electrons. The van der Waals surface area contributed by atoms with Crippen LogP contribution in [0.2, 0.25) is 0 Å². The van der Waals surface area contributed by atoms with Gasteiger partial charge in [0.15, 0.2) is 0 Å². The monoisotopic (exact) mass is 446 g/mol. The number of hydrogen-bond donors (Lipinski definition) is 1. The van der Waals surface area contributed by atoms with Gasteiger partial charge in [-0.2, -0.15) is 0 Å². The number of nitrogens with one attached hydrogen (secondary N) is 1. The average molecular weight is 447 g/mol. The molecule has 0 unspecified atom stereocenters. The molecular formula is C30H26N2O2. The van der Waals surface area contributed by atoms with Crippen LogP contribution in [0.3, 0.4) is 0 Å². The smallest absolute Gasteiger partial charge is 0.258 e. The molecule has 0 radical (unpaired) electrons. The van der Waals surface area contributed by atoms with E-state index in [0.29, 0.717) is 17.7 Å². The highest BCUT2D eigenvalue weighted by Crippen LogP contribution is 2.31. The standard InChI is InChI=1S/C30H26N2O2/c1-20-8-7-12-27(21(20)2)31-29(33)22-14-16-23(17-15-22)30(34)32-19-26-11-4-3-9-24(26)18-25-10-5-6-13-28(25)32/h3-17H,18-19H2,1-2H3,(H,31,33). The lowest BCUT2D eigenvalue weighted by Crippen LogP contribution is -2.30. The molecule has 4 nitrogen and oxygen atoms in total. The van der Waals surface area contributed by atoms with E-state index in [1.807, 2.05) is 67.3 Å². The van der Waals surface area contributed by atoms with Crippen LogP contribution >= 0.6 is 0 Å². The zero-order chi connectivity index (χ0) is 23.7. The molecular weight excluding hydrogens is 420 g/mol. The summed E-state index contributed by atoms with van der Waals surface area (Å²) in [5, 5.41) is 2.98. The van der Waals surface area contributed by atoms with E-state index in [0.717, 1.165) is 40.0 Å². The third kappa shape index (κ3) is 4.11. The summed E-state index contributed by atoms with van der Waals surface area (Å²) in [4.78, 5) is 28.2. The van der Waals surface area contributed by atoms with Crippen molar-refractivity contribution in [3.05, 3.63) is 130 Å². The molecule has 0 spiro atoms. The molecule has 2 amide bonds. The van der Waals surface area contributed by atoms with Gasteiger partial charge in [0, 0.05) is 22.5 Å². The van der Waals surface area contributed by atoms with Crippen LogP contribution in [0.25, 0.3) is 0 Å². The third-order valence-corrected chi connectivity index (χ3v) is 6.60. The van der Waals surface area contributed by atoms with E-state index in [9.17, 15) is 9.59 Å². The number of nitrogens with zero attached hydrogens (tertiary/aromatic N) is 1. The zero-order valence-electron chi connectivity index (χ0n) is 19.3. The quantitative estimate of drug-likeness (QED) is 0.401. The molecule has 4 aromatic rings. The molecule has 1 heterocycles. The van der Waals surface area contributed by atoms with Crippen LogP contribution < -0.4 is 10.2 Å². The maximum absolute atomic E-state index is 13.6. The van der Waals surface area contributed by atoms with E-state index in [2.05, 4.69) is 23.5 Å². The van der Waals surface area contributed by atoms with Crippen LogP contribution in [-0.4, -0.2) is 11.8 Å². The Morgan fingerprint density at radius 1 is 0.706 bits per heavy atom. The van der Waals surface area contributed by atoms with Gasteiger partial charge in [-0.3, -0.25) is 9.59 Å². The molecule has 4 heteroatoms. The second-order valence-electron chi connectivity index (χ2n) is 8.74. The highest BCUT2D eigenvalue weighted by Gasteiger charge is 2.25. The van der Waals surface area contributed by atoms with Gasteiger partial charge in [0.25, 0.3) is 11.8 Å².